The van der Waals surface area contributed by atoms with E-state index < -0.39 is 0 Å². The number of methoxy groups -OCH3 is 1. The first-order chi connectivity index (χ1) is 4.66. The van der Waals surface area contributed by atoms with E-state index >= 15 is 0 Å². The largest absolute Gasteiger partial charge is 0.382 e. The predicted octanol–water partition coefficient (Wildman–Crippen LogP) is 1.02. The predicted molar refractivity (Wildman–Crippen MR) is 47.7 cm³/mol. The second kappa shape index (κ2) is 7.98. The van der Waals surface area contributed by atoms with Crippen molar-refractivity contribution in [2.45, 2.75) is 33.4 Å². The van der Waals surface area contributed by atoms with Gasteiger partial charge in [-0.15, -0.1) is 0 Å². The van der Waals surface area contributed by atoms with Crippen LogP contribution in [0.1, 0.15) is 21.3 Å². The van der Waals surface area contributed by atoms with Crippen molar-refractivity contribution < 1.29 is 9.47 Å². The van der Waals surface area contributed by atoms with Gasteiger partial charge in [0.2, 0.25) is 0 Å². The topological polar surface area (TPSA) is 44.5 Å². The van der Waals surface area contributed by atoms with Crippen molar-refractivity contribution in [3.05, 3.63) is 0 Å². The van der Waals surface area contributed by atoms with Gasteiger partial charge in [-0.1, -0.05) is 7.43 Å². The molecule has 2 unspecified atom stereocenters. The highest BCUT2D eigenvalue weighted by molar-refractivity contribution is 4.52. The highest BCUT2D eigenvalue weighted by Crippen LogP contribution is 1.91. The lowest BCUT2D eigenvalue weighted by Crippen LogP contribution is -2.26. The fourth-order valence-electron chi connectivity index (χ4n) is 0.599. The Hall–Kier alpha value is -0.120. The zero-order valence-electron chi connectivity index (χ0n) is 6.96. The maximum atomic E-state index is 5.47. The summed E-state index contributed by atoms with van der Waals surface area (Å²) in [5.41, 5.74) is 5.47. The molecule has 0 saturated carbocycles. The van der Waals surface area contributed by atoms with Crippen LogP contribution >= 0.6 is 0 Å². The minimum absolute atomic E-state index is 0. The van der Waals surface area contributed by atoms with Gasteiger partial charge in [-0.25, -0.2) is 0 Å². The summed E-state index contributed by atoms with van der Waals surface area (Å²) in [7, 11) is 1.66. The first-order valence-corrected chi connectivity index (χ1v) is 3.53. The standard InChI is InChI=1S/C7H17NO2.CH4/c1-6(8)4-10-7(2)5-9-3;/h6-7H,4-5,8H2,1-3H3;1H4. The van der Waals surface area contributed by atoms with Gasteiger partial charge in [-0.2, -0.15) is 0 Å². The molecule has 3 nitrogen and oxygen atoms in total. The maximum absolute atomic E-state index is 5.47. The molecule has 0 aliphatic carbocycles. The van der Waals surface area contributed by atoms with Gasteiger partial charge in [0, 0.05) is 13.2 Å². The lowest BCUT2D eigenvalue weighted by Gasteiger charge is -2.13. The normalized spacial score (nSPS) is 15.3. The molecule has 0 rings (SSSR count). The summed E-state index contributed by atoms with van der Waals surface area (Å²) in [6.07, 6.45) is 0.149. The summed E-state index contributed by atoms with van der Waals surface area (Å²) >= 11 is 0. The van der Waals surface area contributed by atoms with E-state index in [0.717, 1.165) is 0 Å². The summed E-state index contributed by atoms with van der Waals surface area (Å²) in [4.78, 5) is 0. The smallest absolute Gasteiger partial charge is 0.0781 e. The number of hydrogen-bond donors (Lipinski definition) is 1. The van der Waals surface area contributed by atoms with Crippen molar-refractivity contribution in [2.75, 3.05) is 20.3 Å². The molecule has 0 aromatic heterocycles. The number of hydrogen-bond acceptors (Lipinski definition) is 3. The molecule has 0 bridgehead atoms. The van der Waals surface area contributed by atoms with Crippen LogP contribution < -0.4 is 5.73 Å². The van der Waals surface area contributed by atoms with Crippen LogP contribution in [0.4, 0.5) is 0 Å². The van der Waals surface area contributed by atoms with Gasteiger partial charge in [0.25, 0.3) is 0 Å². The minimum Gasteiger partial charge on any atom is -0.382 e. The summed E-state index contributed by atoms with van der Waals surface area (Å²) in [6.45, 7) is 5.11. The van der Waals surface area contributed by atoms with Crippen LogP contribution in [0.5, 0.6) is 0 Å². The molecule has 0 heterocycles. The molecule has 0 fully saturated rings. The van der Waals surface area contributed by atoms with Crippen molar-refractivity contribution in [1.29, 1.82) is 0 Å². The molecular formula is C8H21NO2. The first-order valence-electron chi connectivity index (χ1n) is 3.53. The zero-order valence-corrected chi connectivity index (χ0v) is 6.96. The molecule has 0 spiro atoms. The van der Waals surface area contributed by atoms with Crippen LogP contribution in [0.15, 0.2) is 0 Å². The van der Waals surface area contributed by atoms with E-state index in [4.69, 9.17) is 15.2 Å². The van der Waals surface area contributed by atoms with Crippen molar-refractivity contribution in [3.8, 4) is 0 Å². The molecule has 3 heteroatoms. The number of ether oxygens (including phenoxy) is 2. The molecule has 0 aliphatic rings. The van der Waals surface area contributed by atoms with Crippen LogP contribution in [-0.4, -0.2) is 32.5 Å². The average Bonchev–Trinajstić information content (AvgIpc) is 1.85. The van der Waals surface area contributed by atoms with E-state index in [-0.39, 0.29) is 19.6 Å². The lowest BCUT2D eigenvalue weighted by atomic mass is 10.4. The molecule has 0 amide bonds. The Bertz CT molecular complexity index is 76.5. The Labute approximate surface area is 69.9 Å². The third-order valence-electron chi connectivity index (χ3n) is 1.05. The van der Waals surface area contributed by atoms with Crippen LogP contribution in [0.25, 0.3) is 0 Å². The summed E-state index contributed by atoms with van der Waals surface area (Å²) in [5.74, 6) is 0. The van der Waals surface area contributed by atoms with E-state index in [1.54, 1.807) is 7.11 Å². The Morgan fingerprint density at radius 3 is 2.18 bits per heavy atom. The average molecular weight is 163 g/mol. The Morgan fingerprint density at radius 1 is 1.27 bits per heavy atom. The Kier molecular flexibility index (Phi) is 9.77. The van der Waals surface area contributed by atoms with Crippen LogP contribution in [0, 0.1) is 0 Å². The SMILES string of the molecule is C.COCC(C)OCC(C)N. The van der Waals surface area contributed by atoms with Gasteiger partial charge < -0.3 is 15.2 Å². The monoisotopic (exact) mass is 163 g/mol. The second-order valence-electron chi connectivity index (χ2n) is 2.58. The number of nitrogens with two attached hydrogens (primary N) is 1. The fourth-order valence-corrected chi connectivity index (χ4v) is 0.599. The van der Waals surface area contributed by atoms with Crippen molar-refractivity contribution >= 4 is 0 Å². The maximum Gasteiger partial charge on any atom is 0.0781 e. The third-order valence-corrected chi connectivity index (χ3v) is 1.05. The Balaban J connectivity index is 0. The summed E-state index contributed by atoms with van der Waals surface area (Å²) in [5, 5.41) is 0. The molecular weight excluding hydrogens is 142 g/mol. The van der Waals surface area contributed by atoms with Gasteiger partial charge >= 0.3 is 0 Å². The number of rotatable bonds is 5. The first kappa shape index (κ1) is 13.5. The van der Waals surface area contributed by atoms with Gasteiger partial charge in [-0.3, -0.25) is 0 Å². The van der Waals surface area contributed by atoms with E-state index in [1.165, 1.54) is 0 Å². The zero-order chi connectivity index (χ0) is 7.98. The molecule has 0 aliphatic heterocycles. The minimum atomic E-state index is 0. The van der Waals surface area contributed by atoms with E-state index in [9.17, 15) is 0 Å². The van der Waals surface area contributed by atoms with Gasteiger partial charge in [0.05, 0.1) is 19.3 Å². The second-order valence-corrected chi connectivity index (χ2v) is 2.58. The molecule has 0 radical (unpaired) electrons. The van der Waals surface area contributed by atoms with E-state index in [2.05, 4.69) is 0 Å². The van der Waals surface area contributed by atoms with Crippen LogP contribution in [-0.2, 0) is 9.47 Å². The quantitative estimate of drug-likeness (QED) is 0.658. The highest BCUT2D eigenvalue weighted by atomic mass is 16.5. The van der Waals surface area contributed by atoms with E-state index in [1.807, 2.05) is 13.8 Å². The fraction of sp³-hybridized carbons (Fsp3) is 1.00. The van der Waals surface area contributed by atoms with Crippen LogP contribution in [0.3, 0.4) is 0 Å². The van der Waals surface area contributed by atoms with Gasteiger partial charge in [0.1, 0.15) is 0 Å². The van der Waals surface area contributed by atoms with Gasteiger partial charge in [0.15, 0.2) is 0 Å². The van der Waals surface area contributed by atoms with Crippen molar-refractivity contribution in [3.63, 3.8) is 0 Å². The van der Waals surface area contributed by atoms with Crippen molar-refractivity contribution in [1.82, 2.24) is 0 Å². The molecule has 0 aromatic rings. The Morgan fingerprint density at radius 2 is 1.82 bits per heavy atom. The molecule has 0 saturated heterocycles. The highest BCUT2D eigenvalue weighted by Gasteiger charge is 2.01. The summed E-state index contributed by atoms with van der Waals surface area (Å²) < 4.78 is 10.2. The molecule has 0 aromatic carbocycles. The van der Waals surface area contributed by atoms with Crippen molar-refractivity contribution in [2.24, 2.45) is 5.73 Å². The molecule has 2 N–H and O–H groups in total. The lowest BCUT2D eigenvalue weighted by molar-refractivity contribution is 0.00509. The van der Waals surface area contributed by atoms with Gasteiger partial charge in [-0.05, 0) is 13.8 Å². The molecule has 11 heavy (non-hydrogen) atoms. The summed E-state index contributed by atoms with van der Waals surface area (Å²) in [6, 6.07) is 0.110. The van der Waals surface area contributed by atoms with E-state index in [0.29, 0.717) is 13.2 Å². The molecule has 70 valence electrons. The van der Waals surface area contributed by atoms with Crippen LogP contribution in [0.2, 0.25) is 0 Å². The third kappa shape index (κ3) is 9.88. The molecule has 2 atom stereocenters.